The van der Waals surface area contributed by atoms with Gasteiger partial charge in [0.15, 0.2) is 5.96 Å². The maximum absolute atomic E-state index is 13.4. The zero-order valence-electron chi connectivity index (χ0n) is 17.2. The van der Waals surface area contributed by atoms with E-state index >= 15 is 0 Å². The zero-order chi connectivity index (χ0) is 20.0. The minimum absolute atomic E-state index is 0. The first kappa shape index (κ1) is 24.0. The molecule has 29 heavy (non-hydrogen) atoms. The van der Waals surface area contributed by atoms with Gasteiger partial charge in [-0.25, -0.2) is 9.37 Å². The first-order valence-corrected chi connectivity index (χ1v) is 10.6. The molecule has 8 heteroatoms. The van der Waals surface area contributed by atoms with Gasteiger partial charge in [0.05, 0.1) is 12.2 Å². The molecule has 2 aromatic rings. The Morgan fingerprint density at radius 1 is 1.24 bits per heavy atom. The second-order valence-electron chi connectivity index (χ2n) is 7.50. The Labute approximate surface area is 193 Å². The van der Waals surface area contributed by atoms with E-state index in [2.05, 4.69) is 39.8 Å². The van der Waals surface area contributed by atoms with Crippen LogP contribution in [-0.2, 0) is 16.7 Å². The topological polar surface area (TPSA) is 58.5 Å². The van der Waals surface area contributed by atoms with Crippen molar-refractivity contribution in [2.45, 2.75) is 44.6 Å². The predicted molar refractivity (Wildman–Crippen MR) is 128 cm³/mol. The molecule has 160 valence electrons. The minimum Gasteiger partial charge on any atom is -0.381 e. The summed E-state index contributed by atoms with van der Waals surface area (Å²) in [6.07, 6.45) is 1.79. The van der Waals surface area contributed by atoms with Crippen molar-refractivity contribution in [1.82, 2.24) is 15.6 Å². The molecule has 1 fully saturated rings. The van der Waals surface area contributed by atoms with Crippen LogP contribution in [0.25, 0.3) is 0 Å². The van der Waals surface area contributed by atoms with E-state index in [1.165, 1.54) is 12.1 Å². The third kappa shape index (κ3) is 6.36. The molecule has 0 unspecified atom stereocenters. The van der Waals surface area contributed by atoms with Crippen LogP contribution in [0.4, 0.5) is 4.39 Å². The Kier molecular flexibility index (Phi) is 9.29. The quantitative estimate of drug-likeness (QED) is 0.328. The van der Waals surface area contributed by atoms with Gasteiger partial charge in [-0.2, -0.15) is 0 Å². The number of nitrogens with one attached hydrogen (secondary N) is 2. The summed E-state index contributed by atoms with van der Waals surface area (Å²) < 4.78 is 19.0. The van der Waals surface area contributed by atoms with E-state index in [0.717, 1.165) is 41.6 Å². The van der Waals surface area contributed by atoms with E-state index in [1.54, 1.807) is 18.4 Å². The first-order chi connectivity index (χ1) is 13.5. The lowest BCUT2D eigenvalue weighted by atomic mass is 9.74. The lowest BCUT2D eigenvalue weighted by Gasteiger charge is -2.38. The molecular weight excluding hydrogens is 502 g/mol. The molecule has 1 aliphatic rings. The summed E-state index contributed by atoms with van der Waals surface area (Å²) >= 11 is 1.67. The molecule has 0 bridgehead atoms. The molecule has 1 aromatic heterocycles. The number of rotatable bonds is 6. The molecule has 1 aromatic carbocycles. The molecule has 0 saturated carbocycles. The Hall–Kier alpha value is -1.26. The average molecular weight is 532 g/mol. The van der Waals surface area contributed by atoms with Crippen molar-refractivity contribution in [3.05, 3.63) is 51.7 Å². The van der Waals surface area contributed by atoms with Crippen molar-refractivity contribution >= 4 is 41.3 Å². The van der Waals surface area contributed by atoms with Crippen molar-refractivity contribution in [2.75, 3.05) is 26.8 Å². The highest BCUT2D eigenvalue weighted by atomic mass is 127. The van der Waals surface area contributed by atoms with E-state index in [-0.39, 0.29) is 35.2 Å². The second-order valence-corrected chi connectivity index (χ2v) is 8.44. The molecule has 0 atom stereocenters. The standard InChI is InChI=1S/C21H29FN4OS.HI/c1-15(2)18-13-28-19(26-18)12-24-20(23-3)25-14-21(8-10-27-11-9-21)16-4-6-17(22)7-5-16;/h4-7,13,15H,8-12,14H2,1-3H3,(H2,23,24,25);1H. The number of nitrogens with zero attached hydrogens (tertiary/aromatic N) is 2. The summed E-state index contributed by atoms with van der Waals surface area (Å²) in [5, 5.41) is 9.97. The number of halogens is 2. The van der Waals surface area contributed by atoms with Crippen LogP contribution < -0.4 is 10.6 Å². The molecule has 0 radical (unpaired) electrons. The van der Waals surface area contributed by atoms with Gasteiger partial charge in [0.2, 0.25) is 0 Å². The highest BCUT2D eigenvalue weighted by molar-refractivity contribution is 14.0. The number of guanidine groups is 1. The molecule has 2 heterocycles. The maximum atomic E-state index is 13.4. The SMILES string of the molecule is CN=C(NCc1nc(C(C)C)cs1)NCC1(c2ccc(F)cc2)CCOCC1.I. The first-order valence-electron chi connectivity index (χ1n) is 9.75. The summed E-state index contributed by atoms with van der Waals surface area (Å²) in [7, 11) is 1.77. The largest absolute Gasteiger partial charge is 0.381 e. The van der Waals surface area contributed by atoms with Gasteiger partial charge in [-0.3, -0.25) is 4.99 Å². The summed E-state index contributed by atoms with van der Waals surface area (Å²) in [6.45, 7) is 7.08. The fourth-order valence-corrected chi connectivity index (χ4v) is 4.33. The maximum Gasteiger partial charge on any atom is 0.191 e. The number of aliphatic imine (C=N–C) groups is 1. The summed E-state index contributed by atoms with van der Waals surface area (Å²) in [5.74, 6) is 0.974. The van der Waals surface area contributed by atoms with Crippen molar-refractivity contribution < 1.29 is 9.13 Å². The number of aromatic nitrogens is 1. The van der Waals surface area contributed by atoms with E-state index in [1.807, 2.05) is 12.1 Å². The molecule has 1 aliphatic heterocycles. The number of hydrogen-bond acceptors (Lipinski definition) is 4. The van der Waals surface area contributed by atoms with Gasteiger partial charge in [0.25, 0.3) is 0 Å². The monoisotopic (exact) mass is 532 g/mol. The predicted octanol–water partition coefficient (Wildman–Crippen LogP) is 4.44. The van der Waals surface area contributed by atoms with Crippen LogP contribution in [0.5, 0.6) is 0 Å². The normalized spacial score (nSPS) is 16.4. The molecule has 2 N–H and O–H groups in total. The van der Waals surface area contributed by atoms with Crippen LogP contribution in [0.15, 0.2) is 34.6 Å². The Morgan fingerprint density at radius 2 is 1.93 bits per heavy atom. The highest BCUT2D eigenvalue weighted by Gasteiger charge is 2.34. The molecule has 1 saturated heterocycles. The van der Waals surface area contributed by atoms with E-state index in [0.29, 0.717) is 25.7 Å². The third-order valence-corrected chi connectivity index (χ3v) is 6.16. The molecule has 0 aliphatic carbocycles. The van der Waals surface area contributed by atoms with E-state index < -0.39 is 0 Å². The Bertz CT molecular complexity index is 788. The van der Waals surface area contributed by atoms with Crippen LogP contribution in [0.3, 0.4) is 0 Å². The zero-order valence-corrected chi connectivity index (χ0v) is 20.4. The van der Waals surface area contributed by atoms with Gasteiger partial charge in [-0.05, 0) is 36.5 Å². The van der Waals surface area contributed by atoms with Gasteiger partial charge in [0, 0.05) is 37.6 Å². The van der Waals surface area contributed by atoms with Crippen molar-refractivity contribution in [3.63, 3.8) is 0 Å². The van der Waals surface area contributed by atoms with Crippen molar-refractivity contribution in [1.29, 1.82) is 0 Å². The van der Waals surface area contributed by atoms with E-state index in [9.17, 15) is 4.39 Å². The van der Waals surface area contributed by atoms with Crippen molar-refractivity contribution in [3.8, 4) is 0 Å². The Morgan fingerprint density at radius 3 is 2.52 bits per heavy atom. The van der Waals surface area contributed by atoms with Crippen LogP contribution >= 0.6 is 35.3 Å². The lowest BCUT2D eigenvalue weighted by molar-refractivity contribution is 0.0513. The van der Waals surface area contributed by atoms with Crippen molar-refractivity contribution in [2.24, 2.45) is 4.99 Å². The average Bonchev–Trinajstić information content (AvgIpc) is 3.19. The second kappa shape index (κ2) is 11.2. The van der Waals surface area contributed by atoms with Gasteiger partial charge in [-0.1, -0.05) is 26.0 Å². The summed E-state index contributed by atoms with van der Waals surface area (Å²) in [5.41, 5.74) is 2.18. The summed E-state index contributed by atoms with van der Waals surface area (Å²) in [6, 6.07) is 6.85. The molecular formula is C21H30FIN4OS. The number of benzene rings is 1. The van der Waals surface area contributed by atoms with Crippen LogP contribution in [0.1, 0.15) is 48.9 Å². The van der Waals surface area contributed by atoms with Gasteiger partial charge in [-0.15, -0.1) is 35.3 Å². The highest BCUT2D eigenvalue weighted by Crippen LogP contribution is 2.34. The molecule has 3 rings (SSSR count). The Balaban J connectivity index is 0.00000300. The molecule has 5 nitrogen and oxygen atoms in total. The van der Waals surface area contributed by atoms with Gasteiger partial charge < -0.3 is 15.4 Å². The fourth-order valence-electron chi connectivity index (χ4n) is 3.44. The smallest absolute Gasteiger partial charge is 0.191 e. The van der Waals surface area contributed by atoms with Crippen LogP contribution in [-0.4, -0.2) is 37.7 Å². The van der Waals surface area contributed by atoms with Gasteiger partial charge in [0.1, 0.15) is 10.8 Å². The number of ether oxygens (including phenoxy) is 1. The number of thiazole rings is 1. The fraction of sp³-hybridized carbons (Fsp3) is 0.524. The number of hydrogen-bond donors (Lipinski definition) is 2. The molecule has 0 spiro atoms. The summed E-state index contributed by atoms with van der Waals surface area (Å²) in [4.78, 5) is 9.01. The molecule has 0 amide bonds. The van der Waals surface area contributed by atoms with Gasteiger partial charge >= 0.3 is 0 Å². The van der Waals surface area contributed by atoms with Crippen LogP contribution in [0, 0.1) is 5.82 Å². The van der Waals surface area contributed by atoms with Crippen LogP contribution in [0.2, 0.25) is 0 Å². The third-order valence-electron chi connectivity index (χ3n) is 5.29. The minimum atomic E-state index is -0.208. The van der Waals surface area contributed by atoms with E-state index in [4.69, 9.17) is 4.74 Å². The lowest BCUT2D eigenvalue weighted by Crippen LogP contribution is -2.47.